The van der Waals surface area contributed by atoms with Crippen molar-refractivity contribution in [3.63, 3.8) is 0 Å². The number of alkyl halides is 3. The molecule has 0 spiro atoms. The average Bonchev–Trinajstić information content (AvgIpc) is 2.80. The zero-order valence-corrected chi connectivity index (χ0v) is 10.5. The monoisotopic (exact) mass is 285 g/mol. The number of rotatable bonds is 2. The number of nitrogens with one attached hydrogen (secondary N) is 2. The van der Waals surface area contributed by atoms with Crippen molar-refractivity contribution >= 4 is 11.7 Å². The van der Waals surface area contributed by atoms with E-state index in [2.05, 4.69) is 20.6 Å². The van der Waals surface area contributed by atoms with Crippen LogP contribution in [0.3, 0.4) is 0 Å². The Labute approximate surface area is 111 Å². The van der Waals surface area contributed by atoms with Crippen LogP contribution in [0, 0.1) is 13.8 Å². The van der Waals surface area contributed by atoms with E-state index in [1.54, 1.807) is 13.8 Å². The molecule has 20 heavy (non-hydrogen) atoms. The van der Waals surface area contributed by atoms with Crippen LogP contribution in [0.4, 0.5) is 19.0 Å². The lowest BCUT2D eigenvalue weighted by Crippen LogP contribution is -2.15. The van der Waals surface area contributed by atoms with Gasteiger partial charge in [-0.25, -0.2) is 0 Å². The van der Waals surface area contributed by atoms with Crippen LogP contribution < -0.4 is 5.32 Å². The third kappa shape index (κ3) is 2.92. The van der Waals surface area contributed by atoms with Crippen LogP contribution in [-0.2, 0) is 6.18 Å². The van der Waals surface area contributed by atoms with Crippen LogP contribution in [0.5, 0.6) is 0 Å². The van der Waals surface area contributed by atoms with Crippen LogP contribution in [0.1, 0.15) is 27.4 Å². The Kier molecular flexibility index (Phi) is 3.43. The average molecular weight is 285 g/mol. The summed E-state index contributed by atoms with van der Waals surface area (Å²) in [4.78, 5) is 11.9. The molecule has 0 radical (unpaired) electrons. The molecule has 0 bridgehead atoms. The molecule has 0 aliphatic heterocycles. The second-order valence-electron chi connectivity index (χ2n) is 4.10. The lowest BCUT2D eigenvalue weighted by molar-refractivity contribution is -0.141. The van der Waals surface area contributed by atoms with E-state index in [1.807, 2.05) is 5.10 Å². The maximum Gasteiger partial charge on any atom is 0.432 e. The van der Waals surface area contributed by atoms with Gasteiger partial charge in [-0.3, -0.25) is 9.89 Å². The molecule has 0 aliphatic rings. The van der Waals surface area contributed by atoms with Crippen LogP contribution in [-0.4, -0.2) is 26.3 Å². The number of aromatic nitrogens is 4. The summed E-state index contributed by atoms with van der Waals surface area (Å²) < 4.78 is 37.1. The first-order chi connectivity index (χ1) is 9.27. The van der Waals surface area contributed by atoms with Gasteiger partial charge in [-0.1, -0.05) is 0 Å². The van der Waals surface area contributed by atoms with E-state index in [0.717, 1.165) is 0 Å². The van der Waals surface area contributed by atoms with E-state index in [1.165, 1.54) is 6.07 Å². The molecule has 106 valence electrons. The summed E-state index contributed by atoms with van der Waals surface area (Å²) in [6, 6.07) is 2.21. The maximum absolute atomic E-state index is 12.4. The van der Waals surface area contributed by atoms with Gasteiger partial charge in [0.1, 0.15) is 5.69 Å². The Morgan fingerprint density at radius 2 is 1.95 bits per heavy atom. The van der Waals surface area contributed by atoms with E-state index in [-0.39, 0.29) is 11.4 Å². The zero-order valence-electron chi connectivity index (χ0n) is 10.5. The molecule has 0 aromatic carbocycles. The quantitative estimate of drug-likeness (QED) is 0.885. The number of halogens is 3. The number of aromatic amines is 1. The molecule has 9 heteroatoms. The number of aryl methyl sites for hydroxylation is 2. The second-order valence-corrected chi connectivity index (χ2v) is 4.10. The topological polar surface area (TPSA) is 83.6 Å². The fourth-order valence-corrected chi connectivity index (χ4v) is 1.49. The van der Waals surface area contributed by atoms with Crippen molar-refractivity contribution in [3.8, 4) is 0 Å². The predicted molar refractivity (Wildman–Crippen MR) is 63.0 cm³/mol. The first-order valence-electron chi connectivity index (χ1n) is 5.52. The van der Waals surface area contributed by atoms with E-state index < -0.39 is 17.8 Å². The molecule has 0 aliphatic carbocycles. The highest BCUT2D eigenvalue weighted by Crippen LogP contribution is 2.28. The van der Waals surface area contributed by atoms with Gasteiger partial charge in [0.05, 0.1) is 17.0 Å². The normalized spacial score (nSPS) is 11.4. The lowest BCUT2D eigenvalue weighted by atomic mass is 10.2. The number of carbonyl (C=O) groups is 1. The molecular formula is C11H10F3N5O. The van der Waals surface area contributed by atoms with Crippen molar-refractivity contribution in [2.24, 2.45) is 0 Å². The fourth-order valence-electron chi connectivity index (χ4n) is 1.49. The van der Waals surface area contributed by atoms with Crippen molar-refractivity contribution in [1.29, 1.82) is 0 Å². The molecule has 0 atom stereocenters. The number of carbonyl (C=O) groups excluding carboxylic acids is 1. The van der Waals surface area contributed by atoms with Gasteiger partial charge in [0.15, 0.2) is 5.82 Å². The number of H-pyrrole nitrogens is 1. The van der Waals surface area contributed by atoms with E-state index in [0.29, 0.717) is 17.5 Å². The highest BCUT2D eigenvalue weighted by atomic mass is 19.4. The zero-order chi connectivity index (χ0) is 14.9. The summed E-state index contributed by atoms with van der Waals surface area (Å²) in [7, 11) is 0. The van der Waals surface area contributed by atoms with Gasteiger partial charge in [-0.15, -0.1) is 0 Å². The summed E-state index contributed by atoms with van der Waals surface area (Å²) in [5, 5.41) is 15.0. The highest BCUT2D eigenvalue weighted by Gasteiger charge is 2.33. The molecule has 0 saturated heterocycles. The van der Waals surface area contributed by atoms with Crippen molar-refractivity contribution in [2.75, 3.05) is 5.32 Å². The van der Waals surface area contributed by atoms with Gasteiger partial charge in [-0.05, 0) is 19.9 Å². The van der Waals surface area contributed by atoms with Gasteiger partial charge in [-0.2, -0.15) is 28.5 Å². The van der Waals surface area contributed by atoms with E-state index in [4.69, 9.17) is 0 Å². The van der Waals surface area contributed by atoms with Crippen molar-refractivity contribution in [2.45, 2.75) is 20.0 Å². The van der Waals surface area contributed by atoms with Gasteiger partial charge < -0.3 is 5.32 Å². The van der Waals surface area contributed by atoms with Crippen molar-refractivity contribution in [1.82, 2.24) is 20.4 Å². The van der Waals surface area contributed by atoms with Gasteiger partial charge in [0.25, 0.3) is 5.91 Å². The molecule has 0 fully saturated rings. The Balaban J connectivity index is 2.20. The Morgan fingerprint density at radius 1 is 1.25 bits per heavy atom. The molecule has 2 heterocycles. The smallest absolute Gasteiger partial charge is 0.305 e. The van der Waals surface area contributed by atoms with Crippen LogP contribution in [0.25, 0.3) is 0 Å². The predicted octanol–water partition coefficient (Wildman–Crippen LogP) is 2.09. The standard InChI is InChI=1S/C11H10F3N5O/c1-5-3-7(6(2)17-16-5)10(20)15-9-4-8(18-19-9)11(12,13)14/h3-4H,1-2H3,(H2,15,18,19,20). The highest BCUT2D eigenvalue weighted by molar-refractivity contribution is 6.04. The van der Waals surface area contributed by atoms with Crippen LogP contribution in [0.2, 0.25) is 0 Å². The molecule has 2 rings (SSSR count). The van der Waals surface area contributed by atoms with Crippen molar-refractivity contribution in [3.05, 3.63) is 34.8 Å². The lowest BCUT2D eigenvalue weighted by Gasteiger charge is -2.04. The molecule has 2 aromatic heterocycles. The number of hydrogen-bond acceptors (Lipinski definition) is 4. The molecule has 2 aromatic rings. The minimum absolute atomic E-state index is 0.212. The van der Waals surface area contributed by atoms with Gasteiger partial charge >= 0.3 is 6.18 Å². The minimum Gasteiger partial charge on any atom is -0.305 e. The molecule has 6 nitrogen and oxygen atoms in total. The summed E-state index contributed by atoms with van der Waals surface area (Å²) in [5.41, 5.74) is 0.0982. The molecule has 0 unspecified atom stereocenters. The third-order valence-corrected chi connectivity index (χ3v) is 2.47. The SMILES string of the molecule is Cc1cc(C(=O)Nc2cc(C(F)(F)F)[nH]n2)c(C)nn1. The van der Waals surface area contributed by atoms with Crippen molar-refractivity contribution < 1.29 is 18.0 Å². The fraction of sp³-hybridized carbons (Fsp3) is 0.273. The Hall–Kier alpha value is -2.45. The van der Waals surface area contributed by atoms with Crippen LogP contribution in [0.15, 0.2) is 12.1 Å². The Morgan fingerprint density at radius 3 is 2.55 bits per heavy atom. The first-order valence-corrected chi connectivity index (χ1v) is 5.52. The van der Waals surface area contributed by atoms with Crippen LogP contribution >= 0.6 is 0 Å². The van der Waals surface area contributed by atoms with E-state index in [9.17, 15) is 18.0 Å². The maximum atomic E-state index is 12.4. The van der Waals surface area contributed by atoms with Gasteiger partial charge in [0.2, 0.25) is 0 Å². The Bertz CT molecular complexity index is 650. The number of amides is 1. The number of hydrogen-bond donors (Lipinski definition) is 2. The summed E-state index contributed by atoms with van der Waals surface area (Å²) in [6.45, 7) is 3.23. The number of anilines is 1. The first kappa shape index (κ1) is 14.0. The molecular weight excluding hydrogens is 275 g/mol. The molecule has 0 saturated carbocycles. The largest absolute Gasteiger partial charge is 0.432 e. The van der Waals surface area contributed by atoms with E-state index >= 15 is 0 Å². The summed E-state index contributed by atoms with van der Waals surface area (Å²) >= 11 is 0. The third-order valence-electron chi connectivity index (χ3n) is 2.47. The summed E-state index contributed by atoms with van der Waals surface area (Å²) in [6.07, 6.45) is -4.54. The molecule has 2 N–H and O–H groups in total. The summed E-state index contributed by atoms with van der Waals surface area (Å²) in [5.74, 6) is -0.808. The van der Waals surface area contributed by atoms with Gasteiger partial charge in [0, 0.05) is 6.07 Å². The second kappa shape index (κ2) is 4.91. The number of nitrogens with zero attached hydrogens (tertiary/aromatic N) is 3. The molecule has 1 amide bonds. The minimum atomic E-state index is -4.54.